The zero-order chi connectivity index (χ0) is 19.7. The Morgan fingerprint density at radius 1 is 1.14 bits per heavy atom. The van der Waals surface area contributed by atoms with Crippen LogP contribution in [0.2, 0.25) is 0 Å². The lowest BCUT2D eigenvalue weighted by Crippen LogP contribution is -2.33. The van der Waals surface area contributed by atoms with Crippen molar-refractivity contribution >= 4 is 29.3 Å². The van der Waals surface area contributed by atoms with Gasteiger partial charge in [0.05, 0.1) is 5.75 Å². The largest absolute Gasteiger partial charge is 0.349 e. The molecule has 1 unspecified atom stereocenters. The molecule has 6 heteroatoms. The van der Waals surface area contributed by atoms with Crippen molar-refractivity contribution in [1.29, 1.82) is 0 Å². The zero-order valence-electron chi connectivity index (χ0n) is 15.8. The molecule has 0 spiro atoms. The van der Waals surface area contributed by atoms with Crippen LogP contribution in [0.1, 0.15) is 52.5 Å². The molecule has 4 nitrogen and oxygen atoms in total. The van der Waals surface area contributed by atoms with Gasteiger partial charge in [-0.1, -0.05) is 25.0 Å². The Labute approximate surface area is 168 Å². The number of nitrogens with zero attached hydrogens (tertiary/aromatic N) is 1. The van der Waals surface area contributed by atoms with Gasteiger partial charge in [-0.3, -0.25) is 14.5 Å². The number of rotatable bonds is 4. The molecule has 146 valence electrons. The van der Waals surface area contributed by atoms with E-state index in [0.29, 0.717) is 11.3 Å². The number of hydrogen-bond acceptors (Lipinski definition) is 3. The van der Waals surface area contributed by atoms with Gasteiger partial charge in [-0.25, -0.2) is 4.39 Å². The summed E-state index contributed by atoms with van der Waals surface area (Å²) in [6.45, 7) is 1.92. The van der Waals surface area contributed by atoms with Crippen molar-refractivity contribution in [3.63, 3.8) is 0 Å². The number of thioether (sulfide) groups is 1. The minimum Gasteiger partial charge on any atom is -0.349 e. The van der Waals surface area contributed by atoms with E-state index < -0.39 is 0 Å². The standard InChI is InChI=1S/C22H23FN2O2S/c1-14-12-16(21(27)24-18-4-2-3-5-18)8-11-19(14)25-20(26)13-28-22(25)15-6-9-17(23)10-7-15/h6-12,18,22H,2-5,13H2,1H3,(H,24,27). The van der Waals surface area contributed by atoms with Crippen LogP contribution in [0.15, 0.2) is 42.5 Å². The van der Waals surface area contributed by atoms with Gasteiger partial charge in [-0.2, -0.15) is 0 Å². The molecule has 1 saturated heterocycles. The van der Waals surface area contributed by atoms with Gasteiger partial charge in [0.25, 0.3) is 5.91 Å². The van der Waals surface area contributed by atoms with E-state index in [1.54, 1.807) is 23.1 Å². The average Bonchev–Trinajstić information content (AvgIpc) is 3.32. The molecular formula is C22H23FN2O2S. The maximum absolute atomic E-state index is 13.3. The van der Waals surface area contributed by atoms with Crippen molar-refractivity contribution in [2.45, 2.75) is 44.0 Å². The maximum atomic E-state index is 13.3. The van der Waals surface area contributed by atoms with E-state index >= 15 is 0 Å². The first kappa shape index (κ1) is 19.0. The van der Waals surface area contributed by atoms with E-state index in [2.05, 4.69) is 5.32 Å². The lowest BCUT2D eigenvalue weighted by molar-refractivity contribution is -0.115. The summed E-state index contributed by atoms with van der Waals surface area (Å²) in [5.41, 5.74) is 3.18. The highest BCUT2D eigenvalue weighted by Crippen LogP contribution is 2.42. The first-order valence-electron chi connectivity index (χ1n) is 9.63. The molecule has 0 radical (unpaired) electrons. The van der Waals surface area contributed by atoms with Crippen molar-refractivity contribution < 1.29 is 14.0 Å². The molecular weight excluding hydrogens is 375 g/mol. The summed E-state index contributed by atoms with van der Waals surface area (Å²) in [6.07, 6.45) is 4.42. The van der Waals surface area contributed by atoms with E-state index in [1.807, 2.05) is 19.1 Å². The molecule has 1 atom stereocenters. The molecule has 0 aromatic heterocycles. The summed E-state index contributed by atoms with van der Waals surface area (Å²) in [4.78, 5) is 26.9. The fourth-order valence-corrected chi connectivity index (χ4v) is 5.13. The number of anilines is 1. The third-order valence-corrected chi connectivity index (χ3v) is 6.64. The number of halogens is 1. The molecule has 2 amide bonds. The van der Waals surface area contributed by atoms with Crippen LogP contribution in [0.5, 0.6) is 0 Å². The molecule has 4 rings (SSSR count). The summed E-state index contributed by atoms with van der Waals surface area (Å²) >= 11 is 1.53. The monoisotopic (exact) mass is 398 g/mol. The second-order valence-corrected chi connectivity index (χ2v) is 8.50. The van der Waals surface area contributed by atoms with Crippen LogP contribution in [0.4, 0.5) is 10.1 Å². The van der Waals surface area contributed by atoms with Gasteiger partial charge >= 0.3 is 0 Å². The molecule has 0 bridgehead atoms. The first-order valence-corrected chi connectivity index (χ1v) is 10.7. The van der Waals surface area contributed by atoms with Crippen LogP contribution < -0.4 is 10.2 Å². The lowest BCUT2D eigenvalue weighted by Gasteiger charge is -2.26. The second kappa shape index (κ2) is 7.95. The van der Waals surface area contributed by atoms with Crippen LogP contribution >= 0.6 is 11.8 Å². The predicted octanol–water partition coefficient (Wildman–Crippen LogP) is 4.59. The van der Waals surface area contributed by atoms with Gasteiger partial charge in [-0.15, -0.1) is 11.8 Å². The van der Waals surface area contributed by atoms with Crippen molar-refractivity contribution in [2.75, 3.05) is 10.7 Å². The fourth-order valence-electron chi connectivity index (χ4n) is 3.96. The molecule has 1 saturated carbocycles. The third-order valence-electron chi connectivity index (χ3n) is 5.43. The first-order chi connectivity index (χ1) is 13.5. The summed E-state index contributed by atoms with van der Waals surface area (Å²) in [6, 6.07) is 12.0. The summed E-state index contributed by atoms with van der Waals surface area (Å²) in [5.74, 6) is 0.0496. The Balaban J connectivity index is 1.57. The number of carbonyl (C=O) groups excluding carboxylic acids is 2. The molecule has 2 fully saturated rings. The van der Waals surface area contributed by atoms with Gasteiger partial charge in [0, 0.05) is 17.3 Å². The summed E-state index contributed by atoms with van der Waals surface area (Å²) in [5, 5.41) is 2.91. The van der Waals surface area contributed by atoms with Gasteiger partial charge in [0.2, 0.25) is 5.91 Å². The second-order valence-electron chi connectivity index (χ2n) is 7.43. The number of aryl methyl sites for hydroxylation is 1. The topological polar surface area (TPSA) is 49.4 Å². The fraction of sp³-hybridized carbons (Fsp3) is 0.364. The Morgan fingerprint density at radius 2 is 1.86 bits per heavy atom. The lowest BCUT2D eigenvalue weighted by atomic mass is 10.1. The van der Waals surface area contributed by atoms with Crippen molar-refractivity contribution in [1.82, 2.24) is 5.32 Å². The van der Waals surface area contributed by atoms with Crippen LogP contribution in [0.25, 0.3) is 0 Å². The van der Waals surface area contributed by atoms with Crippen molar-refractivity contribution in [2.24, 2.45) is 0 Å². The summed E-state index contributed by atoms with van der Waals surface area (Å²) in [7, 11) is 0. The molecule has 1 heterocycles. The normalized spacial score (nSPS) is 20.0. The third kappa shape index (κ3) is 3.78. The summed E-state index contributed by atoms with van der Waals surface area (Å²) < 4.78 is 13.3. The maximum Gasteiger partial charge on any atom is 0.251 e. The molecule has 28 heavy (non-hydrogen) atoms. The quantitative estimate of drug-likeness (QED) is 0.820. The highest BCUT2D eigenvalue weighted by molar-refractivity contribution is 8.00. The number of nitrogens with one attached hydrogen (secondary N) is 1. The van der Waals surface area contributed by atoms with Crippen LogP contribution in [0.3, 0.4) is 0 Å². The molecule has 2 aromatic rings. The Kier molecular flexibility index (Phi) is 5.40. The molecule has 2 aromatic carbocycles. The van der Waals surface area contributed by atoms with Gasteiger partial charge in [-0.05, 0) is 61.2 Å². The highest BCUT2D eigenvalue weighted by Gasteiger charge is 2.35. The van der Waals surface area contributed by atoms with E-state index in [4.69, 9.17) is 0 Å². The van der Waals surface area contributed by atoms with Gasteiger partial charge in [0.1, 0.15) is 11.2 Å². The minimum atomic E-state index is -0.293. The van der Waals surface area contributed by atoms with Gasteiger partial charge in [0.15, 0.2) is 0 Å². The molecule has 1 aliphatic heterocycles. The van der Waals surface area contributed by atoms with E-state index in [1.165, 1.54) is 36.7 Å². The molecule has 1 aliphatic carbocycles. The van der Waals surface area contributed by atoms with E-state index in [-0.39, 0.29) is 29.0 Å². The Morgan fingerprint density at radius 3 is 2.54 bits per heavy atom. The highest BCUT2D eigenvalue weighted by atomic mass is 32.2. The average molecular weight is 399 g/mol. The van der Waals surface area contributed by atoms with Gasteiger partial charge < -0.3 is 5.32 Å². The van der Waals surface area contributed by atoms with E-state index in [9.17, 15) is 14.0 Å². The predicted molar refractivity (Wildman–Crippen MR) is 110 cm³/mol. The van der Waals surface area contributed by atoms with Crippen LogP contribution in [-0.4, -0.2) is 23.6 Å². The Bertz CT molecular complexity index is 894. The number of hydrogen-bond donors (Lipinski definition) is 1. The van der Waals surface area contributed by atoms with Crippen molar-refractivity contribution in [3.8, 4) is 0 Å². The number of carbonyl (C=O) groups is 2. The SMILES string of the molecule is Cc1cc(C(=O)NC2CCCC2)ccc1N1C(=O)CSC1c1ccc(F)cc1. The molecule has 1 N–H and O–H groups in total. The van der Waals surface area contributed by atoms with Crippen LogP contribution in [0, 0.1) is 12.7 Å². The van der Waals surface area contributed by atoms with Crippen molar-refractivity contribution in [3.05, 3.63) is 65.0 Å². The Hall–Kier alpha value is -2.34. The zero-order valence-corrected chi connectivity index (χ0v) is 16.6. The van der Waals surface area contributed by atoms with Crippen LogP contribution in [-0.2, 0) is 4.79 Å². The minimum absolute atomic E-state index is 0.0191. The smallest absolute Gasteiger partial charge is 0.251 e. The molecule has 2 aliphatic rings. The number of amides is 2. The number of benzene rings is 2. The van der Waals surface area contributed by atoms with E-state index in [0.717, 1.165) is 29.7 Å².